The molecular weight excluding hydrogens is 293 g/mol. The summed E-state index contributed by atoms with van der Waals surface area (Å²) >= 11 is 2.34. The minimum absolute atomic E-state index is 0.117. The maximum Gasteiger partial charge on any atom is 0.234 e. The standard InChI is InChI=1S/C9H18IN3O/c1-12(2)7-9(14)11-6-8-4-3-5-13(8)10/h8H,3-7H2,1-2H3,(H,11,14)/t8-/m0/s1. The Labute approximate surface area is 99.5 Å². The topological polar surface area (TPSA) is 35.6 Å². The Bertz CT molecular complexity index is 198. The Morgan fingerprint density at radius 3 is 2.86 bits per heavy atom. The van der Waals surface area contributed by atoms with E-state index in [1.165, 1.54) is 12.8 Å². The molecule has 14 heavy (non-hydrogen) atoms. The lowest BCUT2D eigenvalue weighted by Gasteiger charge is -2.18. The summed E-state index contributed by atoms with van der Waals surface area (Å²) in [5.74, 6) is 0.117. The number of hydrogen-bond acceptors (Lipinski definition) is 3. The molecule has 4 nitrogen and oxygen atoms in total. The molecule has 0 aromatic carbocycles. The first-order valence-electron chi connectivity index (χ1n) is 4.93. The fourth-order valence-corrected chi connectivity index (χ4v) is 2.39. The number of carbonyl (C=O) groups is 1. The van der Waals surface area contributed by atoms with Crippen molar-refractivity contribution in [1.29, 1.82) is 0 Å². The van der Waals surface area contributed by atoms with E-state index in [-0.39, 0.29) is 5.91 Å². The molecule has 0 unspecified atom stereocenters. The summed E-state index contributed by atoms with van der Waals surface area (Å²) in [6.07, 6.45) is 2.45. The van der Waals surface area contributed by atoms with E-state index in [0.29, 0.717) is 12.6 Å². The van der Waals surface area contributed by atoms with Crippen molar-refractivity contribution >= 4 is 28.8 Å². The highest BCUT2D eigenvalue weighted by atomic mass is 127. The van der Waals surface area contributed by atoms with Crippen LogP contribution >= 0.6 is 22.9 Å². The van der Waals surface area contributed by atoms with Gasteiger partial charge in [-0.15, -0.1) is 0 Å². The summed E-state index contributed by atoms with van der Waals surface area (Å²) in [5.41, 5.74) is 0. The molecular formula is C9H18IN3O. The van der Waals surface area contributed by atoms with Gasteiger partial charge < -0.3 is 10.2 Å². The third-order valence-corrected chi connectivity index (χ3v) is 3.57. The molecule has 0 spiro atoms. The summed E-state index contributed by atoms with van der Waals surface area (Å²) < 4.78 is 2.29. The summed E-state index contributed by atoms with van der Waals surface area (Å²) in [5, 5.41) is 2.96. The molecule has 0 bridgehead atoms. The predicted octanol–water partition coefficient (Wildman–Crippen LogP) is 0.479. The van der Waals surface area contributed by atoms with Crippen LogP contribution in [0.5, 0.6) is 0 Å². The zero-order valence-corrected chi connectivity index (χ0v) is 11.0. The first-order chi connectivity index (χ1) is 6.59. The molecule has 1 atom stereocenters. The molecule has 0 radical (unpaired) electrons. The Morgan fingerprint density at radius 1 is 1.64 bits per heavy atom. The van der Waals surface area contributed by atoms with Gasteiger partial charge in [-0.05, 0) is 26.9 Å². The average molecular weight is 311 g/mol. The fraction of sp³-hybridized carbons (Fsp3) is 0.889. The van der Waals surface area contributed by atoms with Crippen LogP contribution in [0.2, 0.25) is 0 Å². The summed E-state index contributed by atoms with van der Waals surface area (Å²) in [6.45, 7) is 2.42. The van der Waals surface area contributed by atoms with Gasteiger partial charge >= 0.3 is 0 Å². The van der Waals surface area contributed by atoms with Gasteiger partial charge in [0.25, 0.3) is 0 Å². The van der Waals surface area contributed by atoms with Gasteiger partial charge in [0.15, 0.2) is 0 Å². The maximum absolute atomic E-state index is 11.3. The van der Waals surface area contributed by atoms with Crippen LogP contribution in [0.1, 0.15) is 12.8 Å². The quantitative estimate of drug-likeness (QED) is 0.606. The monoisotopic (exact) mass is 311 g/mol. The highest BCUT2D eigenvalue weighted by Gasteiger charge is 2.22. The average Bonchev–Trinajstić information content (AvgIpc) is 2.46. The lowest BCUT2D eigenvalue weighted by molar-refractivity contribution is -0.121. The van der Waals surface area contributed by atoms with Crippen LogP contribution in [0, 0.1) is 0 Å². The van der Waals surface area contributed by atoms with Crippen molar-refractivity contribution in [2.75, 3.05) is 33.7 Å². The van der Waals surface area contributed by atoms with Crippen LogP contribution in [0.3, 0.4) is 0 Å². The lowest BCUT2D eigenvalue weighted by Crippen LogP contribution is -2.40. The minimum Gasteiger partial charge on any atom is -0.353 e. The molecule has 0 aliphatic carbocycles. The van der Waals surface area contributed by atoms with Crippen LogP contribution in [0.25, 0.3) is 0 Å². The molecule has 0 saturated carbocycles. The SMILES string of the molecule is CN(C)CC(=O)NC[C@@H]1CCCN1I. The van der Waals surface area contributed by atoms with Crippen molar-refractivity contribution in [3.05, 3.63) is 0 Å². The van der Waals surface area contributed by atoms with E-state index in [4.69, 9.17) is 0 Å². The number of nitrogens with one attached hydrogen (secondary N) is 1. The second-order valence-corrected chi connectivity index (χ2v) is 5.20. The van der Waals surface area contributed by atoms with Crippen molar-refractivity contribution in [3.63, 3.8) is 0 Å². The van der Waals surface area contributed by atoms with Gasteiger partial charge in [-0.25, -0.2) is 3.11 Å². The van der Waals surface area contributed by atoms with E-state index in [1.54, 1.807) is 0 Å². The third kappa shape index (κ3) is 4.10. The number of amides is 1. The molecule has 1 N–H and O–H groups in total. The van der Waals surface area contributed by atoms with Crippen molar-refractivity contribution < 1.29 is 4.79 Å². The van der Waals surface area contributed by atoms with Crippen molar-refractivity contribution in [2.45, 2.75) is 18.9 Å². The highest BCUT2D eigenvalue weighted by molar-refractivity contribution is 14.1. The van der Waals surface area contributed by atoms with E-state index in [1.807, 2.05) is 19.0 Å². The van der Waals surface area contributed by atoms with Crippen LogP contribution in [0.15, 0.2) is 0 Å². The second-order valence-electron chi connectivity index (χ2n) is 3.96. The first-order valence-corrected chi connectivity index (χ1v) is 5.90. The van der Waals surface area contributed by atoms with E-state index in [9.17, 15) is 4.79 Å². The van der Waals surface area contributed by atoms with Crippen molar-refractivity contribution in [1.82, 2.24) is 13.3 Å². The van der Waals surface area contributed by atoms with Crippen LogP contribution in [-0.2, 0) is 4.79 Å². The zero-order valence-electron chi connectivity index (χ0n) is 8.79. The van der Waals surface area contributed by atoms with Gasteiger partial charge in [0, 0.05) is 42.0 Å². The number of likely N-dealkylation sites (N-methyl/N-ethyl adjacent to an activating group) is 1. The molecule has 0 aromatic rings. The molecule has 1 aliphatic rings. The smallest absolute Gasteiger partial charge is 0.234 e. The third-order valence-electron chi connectivity index (χ3n) is 2.30. The van der Waals surface area contributed by atoms with E-state index >= 15 is 0 Å². The Morgan fingerprint density at radius 2 is 2.36 bits per heavy atom. The normalized spacial score (nSPS) is 23.0. The molecule has 1 amide bonds. The van der Waals surface area contributed by atoms with Crippen molar-refractivity contribution in [2.24, 2.45) is 0 Å². The molecule has 1 heterocycles. The maximum atomic E-state index is 11.3. The minimum atomic E-state index is 0.117. The Balaban J connectivity index is 2.16. The van der Waals surface area contributed by atoms with Gasteiger partial charge in [0.2, 0.25) is 5.91 Å². The molecule has 1 saturated heterocycles. The number of halogens is 1. The predicted molar refractivity (Wildman–Crippen MR) is 65.3 cm³/mol. The second kappa shape index (κ2) is 5.87. The number of carbonyl (C=O) groups excluding carboxylic acids is 1. The summed E-state index contributed by atoms with van der Waals surface area (Å²) in [4.78, 5) is 13.2. The molecule has 1 aliphatic heterocycles. The zero-order chi connectivity index (χ0) is 10.6. The van der Waals surface area contributed by atoms with E-state index in [2.05, 4.69) is 31.3 Å². The largest absolute Gasteiger partial charge is 0.353 e. The number of nitrogens with zero attached hydrogens (tertiary/aromatic N) is 2. The fourth-order valence-electron chi connectivity index (χ4n) is 1.58. The van der Waals surface area contributed by atoms with Crippen LogP contribution in [-0.4, -0.2) is 53.7 Å². The van der Waals surface area contributed by atoms with Gasteiger partial charge in [-0.1, -0.05) is 0 Å². The van der Waals surface area contributed by atoms with Gasteiger partial charge in [-0.3, -0.25) is 4.79 Å². The first kappa shape index (κ1) is 12.2. The molecule has 1 fully saturated rings. The highest BCUT2D eigenvalue weighted by Crippen LogP contribution is 2.20. The Hall–Kier alpha value is 0.120. The van der Waals surface area contributed by atoms with Crippen LogP contribution < -0.4 is 5.32 Å². The van der Waals surface area contributed by atoms with E-state index < -0.39 is 0 Å². The van der Waals surface area contributed by atoms with Gasteiger partial charge in [0.1, 0.15) is 0 Å². The van der Waals surface area contributed by atoms with Crippen LogP contribution in [0.4, 0.5) is 0 Å². The lowest BCUT2D eigenvalue weighted by atomic mass is 10.2. The van der Waals surface area contributed by atoms with Gasteiger partial charge in [-0.2, -0.15) is 0 Å². The van der Waals surface area contributed by atoms with Crippen molar-refractivity contribution in [3.8, 4) is 0 Å². The molecule has 82 valence electrons. The number of rotatable bonds is 4. The summed E-state index contributed by atoms with van der Waals surface area (Å²) in [6, 6.07) is 0.529. The van der Waals surface area contributed by atoms with E-state index in [0.717, 1.165) is 13.1 Å². The Kier molecular flexibility index (Phi) is 5.11. The molecule has 0 aromatic heterocycles. The summed E-state index contributed by atoms with van der Waals surface area (Å²) in [7, 11) is 3.81. The number of hydrogen-bond donors (Lipinski definition) is 1. The van der Waals surface area contributed by atoms with Gasteiger partial charge in [0.05, 0.1) is 6.54 Å². The molecule has 5 heteroatoms. The molecule has 1 rings (SSSR count).